The molecule has 0 saturated heterocycles. The highest BCUT2D eigenvalue weighted by atomic mass is 16.3. The number of benzene rings is 1. The highest BCUT2D eigenvalue weighted by Crippen LogP contribution is 2.31. The maximum absolute atomic E-state index is 9.29. The summed E-state index contributed by atoms with van der Waals surface area (Å²) in [5.74, 6) is 0.408. The molecule has 0 bridgehead atoms. The Morgan fingerprint density at radius 3 is 2.15 bits per heavy atom. The van der Waals surface area contributed by atoms with Crippen molar-refractivity contribution < 1.29 is 10.2 Å². The lowest BCUT2D eigenvalue weighted by Crippen LogP contribution is -1.94. The molecule has 0 aliphatic carbocycles. The first-order chi connectivity index (χ1) is 6.19. The molecule has 0 fully saturated rings. The monoisotopic (exact) mass is 180 g/mol. The van der Waals surface area contributed by atoms with Crippen LogP contribution in [0.1, 0.15) is 38.2 Å². The SMILES string of the molecule is CCC(CC)c1ccc(O)c(O)c1. The zero-order valence-electron chi connectivity index (χ0n) is 8.12. The van der Waals surface area contributed by atoms with Gasteiger partial charge < -0.3 is 10.2 Å². The van der Waals surface area contributed by atoms with Crippen LogP contribution in [0.2, 0.25) is 0 Å². The van der Waals surface area contributed by atoms with Crippen molar-refractivity contribution >= 4 is 0 Å². The van der Waals surface area contributed by atoms with Crippen LogP contribution in [0.25, 0.3) is 0 Å². The quantitative estimate of drug-likeness (QED) is 0.702. The minimum Gasteiger partial charge on any atom is -0.504 e. The summed E-state index contributed by atoms with van der Waals surface area (Å²) in [5, 5.41) is 18.4. The van der Waals surface area contributed by atoms with Crippen LogP contribution in [0.3, 0.4) is 0 Å². The second-order valence-corrected chi connectivity index (χ2v) is 3.26. The van der Waals surface area contributed by atoms with Gasteiger partial charge in [-0.05, 0) is 36.5 Å². The van der Waals surface area contributed by atoms with Crippen molar-refractivity contribution in [3.63, 3.8) is 0 Å². The normalized spacial score (nSPS) is 10.7. The molecule has 0 heterocycles. The molecule has 0 atom stereocenters. The molecule has 0 amide bonds. The van der Waals surface area contributed by atoms with Crippen LogP contribution in [0.4, 0.5) is 0 Å². The molecule has 0 spiro atoms. The van der Waals surface area contributed by atoms with Crippen LogP contribution in [0.15, 0.2) is 18.2 Å². The highest BCUT2D eigenvalue weighted by molar-refractivity contribution is 5.41. The lowest BCUT2D eigenvalue weighted by Gasteiger charge is -2.12. The van der Waals surface area contributed by atoms with Crippen LogP contribution in [0, 0.1) is 0 Å². The Kier molecular flexibility index (Phi) is 3.18. The second-order valence-electron chi connectivity index (χ2n) is 3.26. The maximum atomic E-state index is 9.29. The van der Waals surface area contributed by atoms with Crippen molar-refractivity contribution in [2.75, 3.05) is 0 Å². The molecular formula is C11H16O2. The largest absolute Gasteiger partial charge is 0.504 e. The molecule has 1 aromatic carbocycles. The molecule has 0 saturated carbocycles. The van der Waals surface area contributed by atoms with Crippen molar-refractivity contribution in [1.82, 2.24) is 0 Å². The molecule has 13 heavy (non-hydrogen) atoms. The van der Waals surface area contributed by atoms with Gasteiger partial charge in [-0.1, -0.05) is 19.9 Å². The topological polar surface area (TPSA) is 40.5 Å². The second kappa shape index (κ2) is 4.17. The summed E-state index contributed by atoms with van der Waals surface area (Å²) in [6.45, 7) is 4.25. The summed E-state index contributed by atoms with van der Waals surface area (Å²) in [6.07, 6.45) is 2.11. The number of hydrogen-bond acceptors (Lipinski definition) is 2. The Labute approximate surface area is 78.8 Å². The van der Waals surface area contributed by atoms with E-state index in [-0.39, 0.29) is 11.5 Å². The van der Waals surface area contributed by atoms with E-state index in [9.17, 15) is 5.11 Å². The highest BCUT2D eigenvalue weighted by Gasteiger charge is 2.08. The van der Waals surface area contributed by atoms with Crippen LogP contribution < -0.4 is 0 Å². The van der Waals surface area contributed by atoms with Crippen molar-refractivity contribution in [1.29, 1.82) is 0 Å². The van der Waals surface area contributed by atoms with E-state index in [4.69, 9.17) is 5.11 Å². The van der Waals surface area contributed by atoms with Gasteiger partial charge in [0.05, 0.1) is 0 Å². The van der Waals surface area contributed by atoms with Gasteiger partial charge in [-0.25, -0.2) is 0 Å². The van der Waals surface area contributed by atoms with Gasteiger partial charge in [0.25, 0.3) is 0 Å². The zero-order chi connectivity index (χ0) is 9.84. The molecule has 0 aromatic heterocycles. The Bertz CT molecular complexity index is 277. The number of hydrogen-bond donors (Lipinski definition) is 2. The first-order valence-corrected chi connectivity index (χ1v) is 4.70. The fourth-order valence-electron chi connectivity index (χ4n) is 1.55. The van der Waals surface area contributed by atoms with Gasteiger partial charge in [-0.2, -0.15) is 0 Å². The van der Waals surface area contributed by atoms with Gasteiger partial charge in [-0.3, -0.25) is 0 Å². The molecule has 0 radical (unpaired) electrons. The van der Waals surface area contributed by atoms with Gasteiger partial charge >= 0.3 is 0 Å². The van der Waals surface area contributed by atoms with Crippen LogP contribution in [-0.4, -0.2) is 10.2 Å². The predicted molar refractivity (Wildman–Crippen MR) is 53.1 cm³/mol. The van der Waals surface area contributed by atoms with Crippen molar-refractivity contribution in [2.45, 2.75) is 32.6 Å². The van der Waals surface area contributed by atoms with Gasteiger partial charge in [-0.15, -0.1) is 0 Å². The Morgan fingerprint density at radius 2 is 1.69 bits per heavy atom. The third kappa shape index (κ3) is 2.14. The molecule has 2 N–H and O–H groups in total. The number of aromatic hydroxyl groups is 2. The summed E-state index contributed by atoms with van der Waals surface area (Å²) in [6, 6.07) is 5.06. The average molecular weight is 180 g/mol. The maximum Gasteiger partial charge on any atom is 0.157 e. The number of phenols is 2. The predicted octanol–water partition coefficient (Wildman–Crippen LogP) is 3.00. The van der Waals surface area contributed by atoms with E-state index < -0.39 is 0 Å². The van der Waals surface area contributed by atoms with E-state index in [0.29, 0.717) is 5.92 Å². The van der Waals surface area contributed by atoms with E-state index in [0.717, 1.165) is 18.4 Å². The van der Waals surface area contributed by atoms with Crippen LogP contribution in [-0.2, 0) is 0 Å². The van der Waals surface area contributed by atoms with Crippen molar-refractivity contribution in [2.24, 2.45) is 0 Å². The van der Waals surface area contributed by atoms with Crippen LogP contribution >= 0.6 is 0 Å². The average Bonchev–Trinajstić information content (AvgIpc) is 2.13. The smallest absolute Gasteiger partial charge is 0.157 e. The summed E-state index contributed by atoms with van der Waals surface area (Å²) < 4.78 is 0. The van der Waals surface area contributed by atoms with E-state index in [1.165, 1.54) is 0 Å². The molecule has 2 heteroatoms. The molecule has 0 unspecified atom stereocenters. The Hall–Kier alpha value is -1.18. The Balaban J connectivity index is 2.95. The number of rotatable bonds is 3. The number of phenolic OH excluding ortho intramolecular Hbond substituents is 2. The van der Waals surface area contributed by atoms with Gasteiger partial charge in [0, 0.05) is 0 Å². The summed E-state index contributed by atoms with van der Waals surface area (Å²) in [4.78, 5) is 0. The minimum absolute atomic E-state index is 0.0237. The van der Waals surface area contributed by atoms with Gasteiger partial charge in [0.2, 0.25) is 0 Å². The first kappa shape index (κ1) is 9.90. The lowest BCUT2D eigenvalue weighted by molar-refractivity contribution is 0.402. The van der Waals surface area contributed by atoms with E-state index in [2.05, 4.69) is 13.8 Å². The van der Waals surface area contributed by atoms with Gasteiger partial charge in [0.15, 0.2) is 11.5 Å². The van der Waals surface area contributed by atoms with Crippen LogP contribution in [0.5, 0.6) is 11.5 Å². The van der Waals surface area contributed by atoms with Gasteiger partial charge in [0.1, 0.15) is 0 Å². The first-order valence-electron chi connectivity index (χ1n) is 4.70. The lowest BCUT2D eigenvalue weighted by atomic mass is 9.94. The molecule has 0 aliphatic heterocycles. The summed E-state index contributed by atoms with van der Waals surface area (Å²) in [5.41, 5.74) is 1.10. The zero-order valence-corrected chi connectivity index (χ0v) is 8.12. The molecule has 0 aliphatic rings. The van der Waals surface area contributed by atoms with Crippen molar-refractivity contribution in [3.8, 4) is 11.5 Å². The molecular weight excluding hydrogens is 164 g/mol. The van der Waals surface area contributed by atoms with E-state index in [1.807, 2.05) is 6.07 Å². The van der Waals surface area contributed by atoms with E-state index in [1.54, 1.807) is 12.1 Å². The Morgan fingerprint density at radius 1 is 1.08 bits per heavy atom. The summed E-state index contributed by atoms with van der Waals surface area (Å²) in [7, 11) is 0. The minimum atomic E-state index is -0.0466. The fraction of sp³-hybridized carbons (Fsp3) is 0.455. The standard InChI is InChI=1S/C11H16O2/c1-3-8(4-2)9-5-6-10(12)11(13)7-9/h5-8,12-13H,3-4H2,1-2H3. The molecule has 72 valence electrons. The molecule has 2 nitrogen and oxygen atoms in total. The molecule has 1 rings (SSSR count). The summed E-state index contributed by atoms with van der Waals surface area (Å²) >= 11 is 0. The fourth-order valence-corrected chi connectivity index (χ4v) is 1.55. The molecule has 1 aromatic rings. The van der Waals surface area contributed by atoms with E-state index >= 15 is 0 Å². The third-order valence-electron chi connectivity index (χ3n) is 2.46. The van der Waals surface area contributed by atoms with Crippen molar-refractivity contribution in [3.05, 3.63) is 23.8 Å². The third-order valence-corrected chi connectivity index (χ3v) is 2.46.